The van der Waals surface area contributed by atoms with Crippen molar-refractivity contribution in [2.45, 2.75) is 12.5 Å². The van der Waals surface area contributed by atoms with Crippen LogP contribution < -0.4 is 5.32 Å². The molecule has 2 N–H and O–H groups in total. The van der Waals surface area contributed by atoms with Gasteiger partial charge in [0, 0.05) is 6.42 Å². The Morgan fingerprint density at radius 2 is 1.95 bits per heavy atom. The van der Waals surface area contributed by atoms with Gasteiger partial charge in [0.25, 0.3) is 5.91 Å². The molecule has 0 saturated heterocycles. The van der Waals surface area contributed by atoms with Crippen molar-refractivity contribution in [3.63, 3.8) is 0 Å². The molecule has 0 aliphatic heterocycles. The van der Waals surface area contributed by atoms with Crippen LogP contribution in [0.3, 0.4) is 0 Å². The van der Waals surface area contributed by atoms with Crippen LogP contribution in [0.1, 0.15) is 16.1 Å². The number of carboxylic acid groups (broad SMARTS) is 1. The van der Waals surface area contributed by atoms with Crippen molar-refractivity contribution in [3.8, 4) is 0 Å². The first kappa shape index (κ1) is 13.8. The van der Waals surface area contributed by atoms with Gasteiger partial charge in [0.15, 0.2) is 5.76 Å². The van der Waals surface area contributed by atoms with E-state index >= 15 is 0 Å². The largest absolute Gasteiger partial charge is 0.480 e. The molecule has 0 spiro atoms. The molecule has 20 heavy (non-hydrogen) atoms. The van der Waals surface area contributed by atoms with Crippen LogP contribution in [0.2, 0.25) is 0 Å². The molecule has 1 aromatic carbocycles. The SMILES string of the molecule is O=C(N[C@@H](Cc1ccc(F)cc1)C(=O)O)c1ccco1. The highest BCUT2D eigenvalue weighted by atomic mass is 19.1. The van der Waals surface area contributed by atoms with Crippen LogP contribution in [0, 0.1) is 5.82 Å². The highest BCUT2D eigenvalue weighted by Gasteiger charge is 2.22. The van der Waals surface area contributed by atoms with E-state index in [1.807, 2.05) is 0 Å². The fourth-order valence-electron chi connectivity index (χ4n) is 1.69. The Morgan fingerprint density at radius 3 is 2.50 bits per heavy atom. The van der Waals surface area contributed by atoms with Gasteiger partial charge in [-0.05, 0) is 29.8 Å². The molecular weight excluding hydrogens is 265 g/mol. The van der Waals surface area contributed by atoms with Gasteiger partial charge in [0.05, 0.1) is 6.26 Å². The Morgan fingerprint density at radius 1 is 1.25 bits per heavy atom. The van der Waals surface area contributed by atoms with Crippen molar-refractivity contribution in [2.75, 3.05) is 0 Å². The average Bonchev–Trinajstić information content (AvgIpc) is 2.94. The highest BCUT2D eigenvalue weighted by Crippen LogP contribution is 2.07. The maximum absolute atomic E-state index is 12.8. The molecule has 0 aliphatic rings. The number of hydrogen-bond donors (Lipinski definition) is 2. The monoisotopic (exact) mass is 277 g/mol. The van der Waals surface area contributed by atoms with E-state index in [9.17, 15) is 14.0 Å². The zero-order valence-electron chi connectivity index (χ0n) is 10.4. The topological polar surface area (TPSA) is 79.5 Å². The van der Waals surface area contributed by atoms with Crippen molar-refractivity contribution in [1.29, 1.82) is 0 Å². The molecule has 2 rings (SSSR count). The normalized spacial score (nSPS) is 11.8. The Balaban J connectivity index is 2.06. The summed E-state index contributed by atoms with van der Waals surface area (Å²) in [5.74, 6) is -2.14. The van der Waals surface area contributed by atoms with Crippen LogP contribution in [-0.4, -0.2) is 23.0 Å². The number of halogens is 1. The number of carboxylic acids is 1. The molecule has 0 bridgehead atoms. The molecule has 1 heterocycles. The number of carbonyl (C=O) groups is 2. The molecular formula is C14H12FNO4. The molecule has 104 valence electrons. The summed E-state index contributed by atoms with van der Waals surface area (Å²) in [6, 6.07) is 7.29. The smallest absolute Gasteiger partial charge is 0.326 e. The third-order valence-electron chi connectivity index (χ3n) is 2.70. The van der Waals surface area contributed by atoms with Gasteiger partial charge in [-0.15, -0.1) is 0 Å². The first-order chi connectivity index (χ1) is 9.56. The minimum absolute atomic E-state index is 0.0374. The predicted octanol–water partition coefficient (Wildman–Crippen LogP) is 1.84. The third-order valence-corrected chi connectivity index (χ3v) is 2.70. The molecule has 5 nitrogen and oxygen atoms in total. The number of hydrogen-bond acceptors (Lipinski definition) is 3. The van der Waals surface area contributed by atoms with E-state index < -0.39 is 23.7 Å². The summed E-state index contributed by atoms with van der Waals surface area (Å²) < 4.78 is 17.7. The second-order valence-electron chi connectivity index (χ2n) is 4.17. The molecule has 2 aromatic rings. The molecule has 1 amide bonds. The van der Waals surface area contributed by atoms with Crippen LogP contribution in [-0.2, 0) is 11.2 Å². The van der Waals surface area contributed by atoms with E-state index in [4.69, 9.17) is 9.52 Å². The van der Waals surface area contributed by atoms with Crippen molar-refractivity contribution in [1.82, 2.24) is 5.32 Å². The molecule has 0 radical (unpaired) electrons. The van der Waals surface area contributed by atoms with Gasteiger partial charge in [0.1, 0.15) is 11.9 Å². The van der Waals surface area contributed by atoms with Gasteiger partial charge in [-0.25, -0.2) is 9.18 Å². The highest BCUT2D eigenvalue weighted by molar-refractivity contribution is 5.94. The van der Waals surface area contributed by atoms with E-state index in [0.29, 0.717) is 5.56 Å². The molecule has 0 aliphatic carbocycles. The summed E-state index contributed by atoms with van der Waals surface area (Å²) in [5.41, 5.74) is 0.610. The molecule has 0 unspecified atom stereocenters. The van der Waals surface area contributed by atoms with Gasteiger partial charge in [-0.2, -0.15) is 0 Å². The van der Waals surface area contributed by atoms with E-state index in [1.165, 1.54) is 42.7 Å². The first-order valence-electron chi connectivity index (χ1n) is 5.88. The zero-order chi connectivity index (χ0) is 14.5. The van der Waals surface area contributed by atoms with Gasteiger partial charge in [0.2, 0.25) is 0 Å². The first-order valence-corrected chi connectivity index (χ1v) is 5.88. The van der Waals surface area contributed by atoms with E-state index in [1.54, 1.807) is 0 Å². The molecule has 1 aromatic heterocycles. The van der Waals surface area contributed by atoms with Crippen molar-refractivity contribution >= 4 is 11.9 Å². The van der Waals surface area contributed by atoms with Crippen LogP contribution in [0.25, 0.3) is 0 Å². The van der Waals surface area contributed by atoms with Crippen LogP contribution in [0.4, 0.5) is 4.39 Å². The zero-order valence-corrected chi connectivity index (χ0v) is 10.4. The Bertz CT molecular complexity index is 592. The number of carbonyl (C=O) groups excluding carboxylic acids is 1. The lowest BCUT2D eigenvalue weighted by Gasteiger charge is -2.13. The fraction of sp³-hybridized carbons (Fsp3) is 0.143. The van der Waals surface area contributed by atoms with Gasteiger partial charge in [-0.3, -0.25) is 4.79 Å². The lowest BCUT2D eigenvalue weighted by molar-refractivity contribution is -0.139. The number of benzene rings is 1. The summed E-state index contributed by atoms with van der Waals surface area (Å²) in [4.78, 5) is 22.9. The summed E-state index contributed by atoms with van der Waals surface area (Å²) in [7, 11) is 0. The number of nitrogens with one attached hydrogen (secondary N) is 1. The van der Waals surface area contributed by atoms with E-state index in [-0.39, 0.29) is 12.2 Å². The van der Waals surface area contributed by atoms with Crippen LogP contribution in [0.15, 0.2) is 47.1 Å². The predicted molar refractivity (Wildman–Crippen MR) is 67.7 cm³/mol. The fourth-order valence-corrected chi connectivity index (χ4v) is 1.69. The summed E-state index contributed by atoms with van der Waals surface area (Å²) >= 11 is 0. The summed E-state index contributed by atoms with van der Waals surface area (Å²) in [5, 5.41) is 11.5. The Labute approximate surface area is 114 Å². The summed E-state index contributed by atoms with van der Waals surface area (Å²) in [6.45, 7) is 0. The summed E-state index contributed by atoms with van der Waals surface area (Å²) in [6.07, 6.45) is 1.38. The van der Waals surface area contributed by atoms with Crippen molar-refractivity contribution < 1.29 is 23.5 Å². The van der Waals surface area contributed by atoms with Crippen molar-refractivity contribution in [3.05, 3.63) is 59.8 Å². The molecule has 0 fully saturated rings. The lowest BCUT2D eigenvalue weighted by atomic mass is 10.1. The maximum Gasteiger partial charge on any atom is 0.326 e. The second-order valence-corrected chi connectivity index (χ2v) is 4.17. The van der Waals surface area contributed by atoms with Crippen molar-refractivity contribution in [2.24, 2.45) is 0 Å². The standard InChI is InChI=1S/C14H12FNO4/c15-10-5-3-9(4-6-10)8-11(14(18)19)16-13(17)12-2-1-7-20-12/h1-7,11H,8H2,(H,16,17)(H,18,19)/t11-/m0/s1. The molecule has 6 heteroatoms. The van der Waals surface area contributed by atoms with Gasteiger partial charge in [-0.1, -0.05) is 12.1 Å². The Hall–Kier alpha value is -2.63. The molecule has 1 atom stereocenters. The van der Waals surface area contributed by atoms with Crippen LogP contribution >= 0.6 is 0 Å². The minimum Gasteiger partial charge on any atom is -0.480 e. The third kappa shape index (κ3) is 3.44. The number of furan rings is 1. The van der Waals surface area contributed by atoms with Gasteiger partial charge < -0.3 is 14.8 Å². The minimum atomic E-state index is -1.17. The maximum atomic E-state index is 12.8. The van der Waals surface area contributed by atoms with E-state index in [2.05, 4.69) is 5.32 Å². The average molecular weight is 277 g/mol. The number of amides is 1. The quantitative estimate of drug-likeness (QED) is 0.874. The number of aliphatic carboxylic acids is 1. The van der Waals surface area contributed by atoms with Crippen LogP contribution in [0.5, 0.6) is 0 Å². The van der Waals surface area contributed by atoms with E-state index in [0.717, 1.165) is 0 Å². The second kappa shape index (κ2) is 6.01. The Kier molecular flexibility index (Phi) is 4.14. The lowest BCUT2D eigenvalue weighted by Crippen LogP contribution is -2.42. The molecule has 0 saturated carbocycles. The number of rotatable bonds is 5. The van der Waals surface area contributed by atoms with Gasteiger partial charge >= 0.3 is 5.97 Å².